The molecule has 0 bridgehead atoms. The molecule has 0 saturated carbocycles. The van der Waals surface area contributed by atoms with Gasteiger partial charge in [0, 0.05) is 12.6 Å². The van der Waals surface area contributed by atoms with E-state index < -0.39 is 6.23 Å². The van der Waals surface area contributed by atoms with Crippen LogP contribution in [0.4, 0.5) is 10.7 Å². The van der Waals surface area contributed by atoms with Crippen molar-refractivity contribution in [2.75, 3.05) is 11.4 Å². The number of carbonyl (C=O) groups is 1. The first kappa shape index (κ1) is 15.3. The number of hydrogen-bond donors (Lipinski definition) is 1. The van der Waals surface area contributed by atoms with Crippen molar-refractivity contribution in [3.63, 3.8) is 0 Å². The Bertz CT molecular complexity index is 538. The van der Waals surface area contributed by atoms with E-state index in [1.807, 2.05) is 13.8 Å². The minimum Gasteiger partial charge on any atom is -0.371 e. The summed E-state index contributed by atoms with van der Waals surface area (Å²) in [6.07, 6.45) is 2.80. The molecule has 6 nitrogen and oxygen atoms in total. The van der Waals surface area contributed by atoms with Crippen molar-refractivity contribution in [1.82, 2.24) is 10.1 Å². The number of aromatic nitrogens is 1. The van der Waals surface area contributed by atoms with Gasteiger partial charge in [0.25, 0.3) is 0 Å². The minimum absolute atomic E-state index is 0.186. The fraction of sp³-hybridized carbons (Fsp3) is 0.467. The highest BCUT2D eigenvalue weighted by molar-refractivity contribution is 5.94. The van der Waals surface area contributed by atoms with Crippen LogP contribution in [0.3, 0.4) is 0 Å². The second-order valence-electron chi connectivity index (χ2n) is 5.34. The lowest BCUT2D eigenvalue weighted by atomic mass is 10.1. The van der Waals surface area contributed by atoms with Crippen LogP contribution >= 0.6 is 0 Å². The molecule has 114 valence electrons. The summed E-state index contributed by atoms with van der Waals surface area (Å²) in [6.45, 7) is 11.6. The fourth-order valence-electron chi connectivity index (χ4n) is 2.39. The molecule has 6 heteroatoms. The summed E-state index contributed by atoms with van der Waals surface area (Å²) in [5.41, 5.74) is 0.743. The fourth-order valence-corrected chi connectivity index (χ4v) is 2.39. The van der Waals surface area contributed by atoms with Gasteiger partial charge in [-0.15, -0.1) is 13.2 Å². The Kier molecular flexibility index (Phi) is 4.47. The van der Waals surface area contributed by atoms with Gasteiger partial charge in [0.05, 0.1) is 11.7 Å². The molecule has 0 spiro atoms. The smallest absolute Gasteiger partial charge is 0.329 e. The monoisotopic (exact) mass is 291 g/mol. The van der Waals surface area contributed by atoms with E-state index in [2.05, 4.69) is 18.3 Å². The summed E-state index contributed by atoms with van der Waals surface area (Å²) < 4.78 is 5.22. The average Bonchev–Trinajstić information content (AvgIpc) is 2.99. The topological polar surface area (TPSA) is 69.8 Å². The summed E-state index contributed by atoms with van der Waals surface area (Å²) in [4.78, 5) is 15.3. The lowest BCUT2D eigenvalue weighted by Crippen LogP contribution is -2.36. The van der Waals surface area contributed by atoms with E-state index in [0.717, 1.165) is 5.69 Å². The van der Waals surface area contributed by atoms with E-state index in [4.69, 9.17) is 4.52 Å². The van der Waals surface area contributed by atoms with Gasteiger partial charge >= 0.3 is 6.03 Å². The summed E-state index contributed by atoms with van der Waals surface area (Å²) >= 11 is 0. The number of carbonyl (C=O) groups excluding carboxylic acids is 1. The van der Waals surface area contributed by atoms with Crippen LogP contribution in [0.15, 0.2) is 35.9 Å². The molecule has 2 amide bonds. The normalized spacial score (nSPS) is 22.2. The zero-order chi connectivity index (χ0) is 15.6. The molecule has 2 heterocycles. The summed E-state index contributed by atoms with van der Waals surface area (Å²) in [6, 6.07) is 0.995. The molecular formula is C15H21N3O3. The quantitative estimate of drug-likeness (QED) is 0.817. The SMILES string of the molecule is C=CCC1C(O)N(c2cc(C(C)C)no2)C(=O)N1CC=C. The van der Waals surface area contributed by atoms with Crippen molar-refractivity contribution in [3.05, 3.63) is 37.1 Å². The van der Waals surface area contributed by atoms with Crippen LogP contribution in [0.1, 0.15) is 31.9 Å². The first-order valence-electron chi connectivity index (χ1n) is 6.97. The molecule has 0 aromatic carbocycles. The number of hydrogen-bond acceptors (Lipinski definition) is 4. The van der Waals surface area contributed by atoms with E-state index in [1.165, 1.54) is 4.90 Å². The Balaban J connectivity index is 2.31. The molecule has 2 rings (SSSR count). The number of aliphatic hydroxyl groups is 1. The molecule has 2 atom stereocenters. The molecule has 1 aliphatic rings. The third-order valence-corrected chi connectivity index (χ3v) is 3.54. The number of amides is 2. The number of urea groups is 1. The number of anilines is 1. The molecule has 0 aliphatic carbocycles. The van der Waals surface area contributed by atoms with Gasteiger partial charge in [-0.25, -0.2) is 9.69 Å². The van der Waals surface area contributed by atoms with Crippen molar-refractivity contribution in [1.29, 1.82) is 0 Å². The summed E-state index contributed by atoms with van der Waals surface area (Å²) in [5, 5.41) is 14.4. The van der Waals surface area contributed by atoms with Crippen molar-refractivity contribution in [2.24, 2.45) is 0 Å². The van der Waals surface area contributed by atoms with E-state index in [-0.39, 0.29) is 23.9 Å². The maximum Gasteiger partial charge on any atom is 0.329 e. The molecule has 1 saturated heterocycles. The molecule has 2 unspecified atom stereocenters. The summed E-state index contributed by atoms with van der Waals surface area (Å²) in [7, 11) is 0. The van der Waals surface area contributed by atoms with Gasteiger partial charge in [-0.2, -0.15) is 0 Å². The van der Waals surface area contributed by atoms with Gasteiger partial charge < -0.3 is 14.5 Å². The van der Waals surface area contributed by atoms with E-state index in [0.29, 0.717) is 13.0 Å². The van der Waals surface area contributed by atoms with Crippen LogP contribution in [0, 0.1) is 0 Å². The Morgan fingerprint density at radius 2 is 2.19 bits per heavy atom. The predicted molar refractivity (Wildman–Crippen MR) is 80.0 cm³/mol. The van der Waals surface area contributed by atoms with Gasteiger partial charge in [0.2, 0.25) is 5.88 Å². The van der Waals surface area contributed by atoms with Gasteiger partial charge in [-0.3, -0.25) is 0 Å². The third kappa shape index (κ3) is 2.71. The second-order valence-corrected chi connectivity index (χ2v) is 5.34. The largest absolute Gasteiger partial charge is 0.371 e. The second kappa shape index (κ2) is 6.13. The minimum atomic E-state index is -0.997. The standard InChI is InChI=1S/C15H21N3O3/c1-5-7-12-14(19)18(15(20)17(12)8-6-2)13-9-11(10(3)4)16-21-13/h5-6,9-10,12,14,19H,1-2,7-8H2,3-4H3. The summed E-state index contributed by atoms with van der Waals surface area (Å²) in [5.74, 6) is 0.447. The lowest BCUT2D eigenvalue weighted by Gasteiger charge is -2.21. The van der Waals surface area contributed by atoms with Crippen molar-refractivity contribution >= 4 is 11.9 Å². The van der Waals surface area contributed by atoms with Crippen LogP contribution in [0.5, 0.6) is 0 Å². The number of aliphatic hydroxyl groups excluding tert-OH is 1. The van der Waals surface area contributed by atoms with Crippen LogP contribution < -0.4 is 4.90 Å². The highest BCUT2D eigenvalue weighted by Crippen LogP contribution is 2.31. The molecule has 1 aromatic heterocycles. The molecule has 1 N–H and O–H groups in total. The Labute approximate surface area is 124 Å². The average molecular weight is 291 g/mol. The van der Waals surface area contributed by atoms with Crippen molar-refractivity contribution < 1.29 is 14.4 Å². The molecule has 1 aromatic rings. The molecule has 21 heavy (non-hydrogen) atoms. The Morgan fingerprint density at radius 3 is 2.71 bits per heavy atom. The van der Waals surface area contributed by atoms with Gasteiger partial charge in [0.15, 0.2) is 6.23 Å². The Hall–Kier alpha value is -2.08. The Morgan fingerprint density at radius 1 is 1.48 bits per heavy atom. The first-order chi connectivity index (χ1) is 10.0. The van der Waals surface area contributed by atoms with Crippen LogP contribution in [-0.2, 0) is 0 Å². The van der Waals surface area contributed by atoms with Gasteiger partial charge in [-0.1, -0.05) is 31.2 Å². The number of rotatable bonds is 6. The zero-order valence-electron chi connectivity index (χ0n) is 12.4. The van der Waals surface area contributed by atoms with Crippen LogP contribution in [-0.4, -0.2) is 40.0 Å². The zero-order valence-corrected chi connectivity index (χ0v) is 12.4. The third-order valence-electron chi connectivity index (χ3n) is 3.54. The maximum atomic E-state index is 12.5. The van der Waals surface area contributed by atoms with E-state index in [9.17, 15) is 9.90 Å². The first-order valence-corrected chi connectivity index (χ1v) is 6.97. The number of nitrogens with zero attached hydrogens (tertiary/aromatic N) is 3. The molecular weight excluding hydrogens is 270 g/mol. The predicted octanol–water partition coefficient (Wildman–Crippen LogP) is 2.49. The van der Waals surface area contributed by atoms with E-state index in [1.54, 1.807) is 23.1 Å². The molecule has 0 radical (unpaired) electrons. The lowest BCUT2D eigenvalue weighted by molar-refractivity contribution is 0.122. The van der Waals surface area contributed by atoms with Crippen molar-refractivity contribution in [2.45, 2.75) is 38.5 Å². The van der Waals surface area contributed by atoms with Crippen LogP contribution in [0.2, 0.25) is 0 Å². The highest BCUT2D eigenvalue weighted by atomic mass is 16.5. The van der Waals surface area contributed by atoms with Gasteiger partial charge in [0.1, 0.15) is 0 Å². The molecule has 1 aliphatic heterocycles. The van der Waals surface area contributed by atoms with Crippen molar-refractivity contribution in [3.8, 4) is 0 Å². The highest BCUT2D eigenvalue weighted by Gasteiger charge is 2.46. The van der Waals surface area contributed by atoms with Crippen LogP contribution in [0.25, 0.3) is 0 Å². The maximum absolute atomic E-state index is 12.5. The van der Waals surface area contributed by atoms with Gasteiger partial charge in [-0.05, 0) is 12.3 Å². The van der Waals surface area contributed by atoms with E-state index >= 15 is 0 Å². The molecule has 1 fully saturated rings.